The van der Waals surface area contributed by atoms with Gasteiger partial charge < -0.3 is 15.5 Å². The van der Waals surface area contributed by atoms with Crippen LogP contribution in [0.4, 0.5) is 5.69 Å². The Bertz CT molecular complexity index is 700. The molecule has 0 aliphatic carbocycles. The quantitative estimate of drug-likeness (QED) is 0.577. The standard InChI is InChI=1S/C12H14N2O6S/c1-6-8-4-7(2-3-9(8)13-11(6)16)21(19,20)14-10(5-15)12(17)18/h2-4,6,10,14-15H,5H2,1H3,(H,13,16)(H,17,18)/t6?,10-/m0/s1. The lowest BCUT2D eigenvalue weighted by Gasteiger charge is -2.13. The third-order valence-electron chi connectivity index (χ3n) is 3.23. The van der Waals surface area contributed by atoms with Gasteiger partial charge in [0.05, 0.1) is 17.4 Å². The number of sulfonamides is 1. The molecule has 2 rings (SSSR count). The normalized spacial score (nSPS) is 19.0. The Morgan fingerprint density at radius 3 is 2.71 bits per heavy atom. The second kappa shape index (κ2) is 5.43. The van der Waals surface area contributed by atoms with E-state index >= 15 is 0 Å². The van der Waals surface area contributed by atoms with Crippen molar-refractivity contribution in [3.8, 4) is 0 Å². The largest absolute Gasteiger partial charge is 0.480 e. The molecule has 1 aromatic carbocycles. The second-order valence-electron chi connectivity index (χ2n) is 4.65. The van der Waals surface area contributed by atoms with E-state index in [2.05, 4.69) is 5.32 Å². The average Bonchev–Trinajstić information content (AvgIpc) is 2.71. The SMILES string of the molecule is CC1C(=O)Nc2ccc(S(=O)(=O)N[C@@H](CO)C(=O)O)cc21. The highest BCUT2D eigenvalue weighted by Crippen LogP contribution is 2.33. The number of carbonyl (C=O) groups excluding carboxylic acids is 1. The summed E-state index contributed by atoms with van der Waals surface area (Å²) >= 11 is 0. The van der Waals surface area contributed by atoms with Gasteiger partial charge in [-0.25, -0.2) is 8.42 Å². The lowest BCUT2D eigenvalue weighted by Crippen LogP contribution is -2.43. The first kappa shape index (κ1) is 15.4. The van der Waals surface area contributed by atoms with Crippen molar-refractivity contribution >= 4 is 27.6 Å². The maximum atomic E-state index is 12.1. The van der Waals surface area contributed by atoms with Gasteiger partial charge in [0.15, 0.2) is 0 Å². The van der Waals surface area contributed by atoms with Crippen LogP contribution in [0.2, 0.25) is 0 Å². The number of amides is 1. The predicted octanol–water partition coefficient (Wildman–Crippen LogP) is -0.534. The van der Waals surface area contributed by atoms with Crippen molar-refractivity contribution < 1.29 is 28.2 Å². The molecule has 0 saturated heterocycles. The Hall–Kier alpha value is -1.97. The van der Waals surface area contributed by atoms with Crippen LogP contribution in [0.25, 0.3) is 0 Å². The monoisotopic (exact) mass is 314 g/mol. The Labute approximate surface area is 120 Å². The molecule has 1 aliphatic rings. The van der Waals surface area contributed by atoms with E-state index in [0.717, 1.165) is 0 Å². The fourth-order valence-electron chi connectivity index (χ4n) is 1.98. The highest BCUT2D eigenvalue weighted by atomic mass is 32.2. The first-order chi connectivity index (χ1) is 9.76. The van der Waals surface area contributed by atoms with Crippen LogP contribution in [0.1, 0.15) is 18.4 Å². The third kappa shape index (κ3) is 2.89. The van der Waals surface area contributed by atoms with E-state index in [1.165, 1.54) is 18.2 Å². The maximum Gasteiger partial charge on any atom is 0.324 e. The van der Waals surface area contributed by atoms with Crippen LogP contribution in [0, 0.1) is 0 Å². The highest BCUT2D eigenvalue weighted by Gasteiger charge is 2.30. The van der Waals surface area contributed by atoms with Crippen LogP contribution in [0.5, 0.6) is 0 Å². The number of aliphatic hydroxyl groups excluding tert-OH is 1. The second-order valence-corrected chi connectivity index (χ2v) is 6.37. The Morgan fingerprint density at radius 2 is 2.14 bits per heavy atom. The van der Waals surface area contributed by atoms with Gasteiger partial charge in [-0.2, -0.15) is 4.72 Å². The molecule has 1 aromatic rings. The van der Waals surface area contributed by atoms with Crippen LogP contribution in [0.15, 0.2) is 23.1 Å². The number of hydrogen-bond acceptors (Lipinski definition) is 5. The number of anilines is 1. The zero-order valence-corrected chi connectivity index (χ0v) is 11.8. The molecule has 0 aromatic heterocycles. The molecule has 1 heterocycles. The maximum absolute atomic E-state index is 12.1. The summed E-state index contributed by atoms with van der Waals surface area (Å²) in [6, 6.07) is 2.40. The van der Waals surface area contributed by atoms with Gasteiger partial charge in [-0.3, -0.25) is 9.59 Å². The summed E-state index contributed by atoms with van der Waals surface area (Å²) in [6.07, 6.45) is 0. The predicted molar refractivity (Wildman–Crippen MR) is 72.3 cm³/mol. The molecule has 0 bridgehead atoms. The van der Waals surface area contributed by atoms with E-state index in [1.54, 1.807) is 6.92 Å². The molecule has 0 saturated carbocycles. The van der Waals surface area contributed by atoms with E-state index in [1.807, 2.05) is 4.72 Å². The number of aliphatic carboxylic acids is 1. The fourth-order valence-corrected chi connectivity index (χ4v) is 3.20. The summed E-state index contributed by atoms with van der Waals surface area (Å²) in [5, 5.41) is 20.3. The number of aliphatic hydroxyl groups is 1. The molecule has 21 heavy (non-hydrogen) atoms. The van der Waals surface area contributed by atoms with E-state index < -0.39 is 34.6 Å². The van der Waals surface area contributed by atoms with Gasteiger partial charge in [-0.15, -0.1) is 0 Å². The molecule has 0 spiro atoms. The number of rotatable bonds is 5. The minimum absolute atomic E-state index is 0.163. The molecule has 9 heteroatoms. The molecule has 1 unspecified atom stereocenters. The summed E-state index contributed by atoms with van der Waals surface area (Å²) in [6.45, 7) is 0.773. The minimum Gasteiger partial charge on any atom is -0.480 e. The molecular weight excluding hydrogens is 300 g/mol. The van der Waals surface area contributed by atoms with Gasteiger partial charge in [0, 0.05) is 5.69 Å². The lowest BCUT2D eigenvalue weighted by molar-refractivity contribution is -0.139. The number of carboxylic acid groups (broad SMARTS) is 1. The van der Waals surface area contributed by atoms with Crippen LogP contribution < -0.4 is 10.0 Å². The Morgan fingerprint density at radius 1 is 1.48 bits per heavy atom. The molecule has 1 amide bonds. The van der Waals surface area contributed by atoms with Crippen LogP contribution in [0.3, 0.4) is 0 Å². The summed E-state index contributed by atoms with van der Waals surface area (Å²) in [5.74, 6) is -2.19. The summed E-state index contributed by atoms with van der Waals surface area (Å²) in [5.41, 5.74) is 1.06. The first-order valence-corrected chi connectivity index (χ1v) is 7.55. The van der Waals surface area contributed by atoms with Gasteiger partial charge >= 0.3 is 5.97 Å². The van der Waals surface area contributed by atoms with Crippen molar-refractivity contribution in [3.05, 3.63) is 23.8 Å². The molecule has 114 valence electrons. The highest BCUT2D eigenvalue weighted by molar-refractivity contribution is 7.89. The van der Waals surface area contributed by atoms with Gasteiger partial charge in [-0.1, -0.05) is 0 Å². The smallest absolute Gasteiger partial charge is 0.324 e. The number of carboxylic acids is 1. The molecule has 2 atom stereocenters. The summed E-state index contributed by atoms with van der Waals surface area (Å²) in [4.78, 5) is 22.1. The van der Waals surface area contributed by atoms with Gasteiger partial charge in [-0.05, 0) is 30.7 Å². The lowest BCUT2D eigenvalue weighted by atomic mass is 10.0. The number of nitrogens with one attached hydrogen (secondary N) is 2. The van der Waals surface area contributed by atoms with Crippen molar-refractivity contribution in [2.75, 3.05) is 11.9 Å². The summed E-state index contributed by atoms with van der Waals surface area (Å²) < 4.78 is 26.1. The van der Waals surface area contributed by atoms with Crippen molar-refractivity contribution in [2.24, 2.45) is 0 Å². The van der Waals surface area contributed by atoms with E-state index in [-0.39, 0.29) is 10.8 Å². The topological polar surface area (TPSA) is 133 Å². The zero-order chi connectivity index (χ0) is 15.8. The number of carbonyl (C=O) groups is 2. The fraction of sp³-hybridized carbons (Fsp3) is 0.333. The van der Waals surface area contributed by atoms with Gasteiger partial charge in [0.2, 0.25) is 15.9 Å². The van der Waals surface area contributed by atoms with Crippen LogP contribution in [-0.2, 0) is 19.6 Å². The van der Waals surface area contributed by atoms with E-state index in [9.17, 15) is 18.0 Å². The zero-order valence-electron chi connectivity index (χ0n) is 11.0. The molecule has 1 aliphatic heterocycles. The summed E-state index contributed by atoms with van der Waals surface area (Å²) in [7, 11) is -4.11. The Balaban J connectivity index is 2.34. The number of benzene rings is 1. The van der Waals surface area contributed by atoms with Gasteiger partial charge in [0.1, 0.15) is 6.04 Å². The van der Waals surface area contributed by atoms with Crippen molar-refractivity contribution in [1.82, 2.24) is 4.72 Å². The molecular formula is C12H14N2O6S. The van der Waals surface area contributed by atoms with Crippen LogP contribution in [-0.4, -0.2) is 43.2 Å². The molecule has 8 nitrogen and oxygen atoms in total. The minimum atomic E-state index is -4.11. The van der Waals surface area contributed by atoms with Gasteiger partial charge in [0.25, 0.3) is 0 Å². The average molecular weight is 314 g/mol. The van der Waals surface area contributed by atoms with Crippen molar-refractivity contribution in [2.45, 2.75) is 23.8 Å². The number of hydrogen-bond donors (Lipinski definition) is 4. The van der Waals surface area contributed by atoms with E-state index in [0.29, 0.717) is 11.3 Å². The van der Waals surface area contributed by atoms with Crippen LogP contribution >= 0.6 is 0 Å². The molecule has 0 fully saturated rings. The van der Waals surface area contributed by atoms with Crippen molar-refractivity contribution in [1.29, 1.82) is 0 Å². The third-order valence-corrected chi connectivity index (χ3v) is 4.70. The molecule has 0 radical (unpaired) electrons. The number of fused-ring (bicyclic) bond motifs is 1. The molecule has 4 N–H and O–H groups in total. The van der Waals surface area contributed by atoms with E-state index in [4.69, 9.17) is 10.2 Å². The Kier molecular flexibility index (Phi) is 3.99. The first-order valence-electron chi connectivity index (χ1n) is 6.07. The van der Waals surface area contributed by atoms with Crippen molar-refractivity contribution in [3.63, 3.8) is 0 Å².